The number of hydrogen-bond acceptors (Lipinski definition) is 3. The predicted molar refractivity (Wildman–Crippen MR) is 59.9 cm³/mol. The van der Waals surface area contributed by atoms with Gasteiger partial charge in [0.05, 0.1) is 17.3 Å². The first kappa shape index (κ1) is 11.0. The highest BCUT2D eigenvalue weighted by atomic mass is 79.9. The number of rotatable bonds is 1. The van der Waals surface area contributed by atoms with Crippen LogP contribution in [0.25, 0.3) is 0 Å². The van der Waals surface area contributed by atoms with Crippen LogP contribution >= 0.6 is 27.5 Å². The maximum atomic E-state index is 11.3. The lowest BCUT2D eigenvalue weighted by Crippen LogP contribution is -2.20. The van der Waals surface area contributed by atoms with Crippen LogP contribution in [0.1, 0.15) is 24.6 Å². The fraction of sp³-hybridized carbons (Fsp3) is 0.400. The van der Waals surface area contributed by atoms with E-state index in [0.717, 1.165) is 10.2 Å². The van der Waals surface area contributed by atoms with Crippen LogP contribution < -0.4 is 0 Å². The summed E-state index contributed by atoms with van der Waals surface area (Å²) in [6, 6.07) is 1.76. The van der Waals surface area contributed by atoms with Crippen molar-refractivity contribution >= 4 is 33.3 Å². The Balaban J connectivity index is 2.24. The zero-order valence-electron chi connectivity index (χ0n) is 7.87. The van der Waals surface area contributed by atoms with E-state index in [4.69, 9.17) is 16.3 Å². The number of carbonyl (C=O) groups is 1. The molecule has 1 aromatic heterocycles. The number of ether oxygens (including phenoxy) is 1. The maximum absolute atomic E-state index is 11.3. The third-order valence-corrected chi connectivity index (χ3v) is 3.10. The summed E-state index contributed by atoms with van der Waals surface area (Å²) in [6.45, 7) is 0.472. The predicted octanol–water partition coefficient (Wildman–Crippen LogP) is 2.92. The molecule has 1 fully saturated rings. The van der Waals surface area contributed by atoms with E-state index in [1.807, 2.05) is 0 Å². The van der Waals surface area contributed by atoms with Crippen LogP contribution in [0.4, 0.5) is 0 Å². The van der Waals surface area contributed by atoms with Gasteiger partial charge in [0.1, 0.15) is 11.9 Å². The molecule has 1 unspecified atom stereocenters. The lowest BCUT2D eigenvalue weighted by atomic mass is 10.0. The summed E-state index contributed by atoms with van der Waals surface area (Å²) in [7, 11) is 0. The molecule has 0 saturated carbocycles. The van der Waals surface area contributed by atoms with Crippen molar-refractivity contribution in [3.63, 3.8) is 0 Å². The van der Waals surface area contributed by atoms with Crippen LogP contribution in [-0.4, -0.2) is 17.4 Å². The molecule has 0 N–H and O–H groups in total. The molecule has 15 heavy (non-hydrogen) atoms. The summed E-state index contributed by atoms with van der Waals surface area (Å²) in [4.78, 5) is 15.5. The summed E-state index contributed by atoms with van der Waals surface area (Å²) in [6.07, 6.45) is 2.22. The number of Topliss-reactive ketones (excluding diaryl/α,β-unsaturated/α-hetero) is 1. The fourth-order valence-electron chi connectivity index (χ4n) is 1.52. The Morgan fingerprint density at radius 2 is 2.40 bits per heavy atom. The molecular weight excluding hydrogens is 281 g/mol. The van der Waals surface area contributed by atoms with Gasteiger partial charge < -0.3 is 4.74 Å². The Labute approximate surface area is 101 Å². The Morgan fingerprint density at radius 1 is 1.60 bits per heavy atom. The largest absolute Gasteiger partial charge is 0.371 e. The van der Waals surface area contributed by atoms with Gasteiger partial charge >= 0.3 is 0 Å². The van der Waals surface area contributed by atoms with Gasteiger partial charge in [0, 0.05) is 23.5 Å². The van der Waals surface area contributed by atoms with Crippen LogP contribution in [0.3, 0.4) is 0 Å². The summed E-state index contributed by atoms with van der Waals surface area (Å²) < 4.78 is 6.29. The van der Waals surface area contributed by atoms with Crippen LogP contribution in [0.5, 0.6) is 0 Å². The molecular formula is C10H9BrClNO2. The van der Waals surface area contributed by atoms with Gasteiger partial charge in [-0.05, 0) is 22.0 Å². The molecule has 2 rings (SSSR count). The summed E-state index contributed by atoms with van der Waals surface area (Å²) in [5.74, 6) is 0.218. The first-order chi connectivity index (χ1) is 7.16. The SMILES string of the molecule is O=C1CCOC(c2ncc(Cl)cc2Br)C1. The lowest BCUT2D eigenvalue weighted by Gasteiger charge is -2.22. The first-order valence-electron chi connectivity index (χ1n) is 4.61. The van der Waals surface area contributed by atoms with Crippen molar-refractivity contribution in [3.05, 3.63) is 27.5 Å². The van der Waals surface area contributed by atoms with Crippen molar-refractivity contribution in [1.82, 2.24) is 4.98 Å². The smallest absolute Gasteiger partial charge is 0.138 e. The molecule has 0 aliphatic carbocycles. The van der Waals surface area contributed by atoms with Crippen molar-refractivity contribution in [3.8, 4) is 0 Å². The number of halogens is 2. The van der Waals surface area contributed by atoms with Gasteiger partial charge in [0.15, 0.2) is 0 Å². The molecule has 0 aromatic carbocycles. The average molecular weight is 291 g/mol. The molecule has 1 atom stereocenters. The topological polar surface area (TPSA) is 39.2 Å². The van der Waals surface area contributed by atoms with Gasteiger partial charge in [0.2, 0.25) is 0 Å². The van der Waals surface area contributed by atoms with Gasteiger partial charge in [-0.3, -0.25) is 9.78 Å². The van der Waals surface area contributed by atoms with E-state index in [9.17, 15) is 4.79 Å². The van der Waals surface area contributed by atoms with E-state index in [1.165, 1.54) is 0 Å². The summed E-state index contributed by atoms with van der Waals surface area (Å²) in [5, 5.41) is 0.563. The van der Waals surface area contributed by atoms with E-state index in [-0.39, 0.29) is 11.9 Å². The quantitative estimate of drug-likeness (QED) is 0.798. The van der Waals surface area contributed by atoms with Crippen LogP contribution in [0.15, 0.2) is 16.7 Å². The van der Waals surface area contributed by atoms with E-state index in [1.54, 1.807) is 12.3 Å². The molecule has 80 valence electrons. The van der Waals surface area contributed by atoms with Crippen molar-refractivity contribution in [1.29, 1.82) is 0 Å². The highest BCUT2D eigenvalue weighted by Crippen LogP contribution is 2.31. The third-order valence-electron chi connectivity index (χ3n) is 2.25. The molecule has 1 aliphatic heterocycles. The number of hydrogen-bond donors (Lipinski definition) is 0. The minimum Gasteiger partial charge on any atom is -0.371 e. The molecule has 0 bridgehead atoms. The van der Waals surface area contributed by atoms with E-state index >= 15 is 0 Å². The number of ketones is 1. The van der Waals surface area contributed by atoms with E-state index in [0.29, 0.717) is 24.5 Å². The molecule has 2 heterocycles. The molecule has 0 amide bonds. The summed E-state index contributed by atoms with van der Waals surface area (Å²) >= 11 is 9.15. The zero-order chi connectivity index (χ0) is 10.8. The number of aromatic nitrogens is 1. The Bertz CT molecular complexity index is 397. The fourth-order valence-corrected chi connectivity index (χ4v) is 2.41. The molecule has 0 spiro atoms. The Kier molecular flexibility index (Phi) is 3.38. The second kappa shape index (κ2) is 4.60. The van der Waals surface area contributed by atoms with Crippen molar-refractivity contribution in [2.75, 3.05) is 6.61 Å². The summed E-state index contributed by atoms with van der Waals surface area (Å²) in [5.41, 5.74) is 0.743. The van der Waals surface area contributed by atoms with E-state index in [2.05, 4.69) is 20.9 Å². The second-order valence-electron chi connectivity index (χ2n) is 3.37. The van der Waals surface area contributed by atoms with Gasteiger partial charge in [-0.15, -0.1) is 0 Å². The minimum absolute atomic E-state index is 0.218. The second-order valence-corrected chi connectivity index (χ2v) is 4.66. The van der Waals surface area contributed by atoms with Gasteiger partial charge in [-0.1, -0.05) is 11.6 Å². The highest BCUT2D eigenvalue weighted by Gasteiger charge is 2.24. The van der Waals surface area contributed by atoms with Gasteiger partial charge in [0.25, 0.3) is 0 Å². The monoisotopic (exact) mass is 289 g/mol. The average Bonchev–Trinajstić information content (AvgIpc) is 2.17. The van der Waals surface area contributed by atoms with Crippen LogP contribution in [0.2, 0.25) is 5.02 Å². The van der Waals surface area contributed by atoms with Crippen LogP contribution in [-0.2, 0) is 9.53 Å². The minimum atomic E-state index is -0.238. The molecule has 1 aromatic rings. The molecule has 1 saturated heterocycles. The number of pyridine rings is 1. The standard InChI is InChI=1S/C10H9BrClNO2/c11-8-3-6(12)5-13-10(8)9-4-7(14)1-2-15-9/h3,5,9H,1-2,4H2. The Hall–Kier alpha value is -0.450. The Morgan fingerprint density at radius 3 is 3.07 bits per heavy atom. The van der Waals surface area contributed by atoms with Crippen molar-refractivity contribution in [2.24, 2.45) is 0 Å². The maximum Gasteiger partial charge on any atom is 0.138 e. The molecule has 5 heteroatoms. The first-order valence-corrected chi connectivity index (χ1v) is 5.78. The van der Waals surface area contributed by atoms with Crippen LogP contribution in [0, 0.1) is 0 Å². The van der Waals surface area contributed by atoms with Crippen molar-refractivity contribution < 1.29 is 9.53 Å². The third kappa shape index (κ3) is 2.56. The lowest BCUT2D eigenvalue weighted by molar-refractivity contribution is -0.128. The van der Waals surface area contributed by atoms with Gasteiger partial charge in [-0.2, -0.15) is 0 Å². The van der Waals surface area contributed by atoms with E-state index < -0.39 is 0 Å². The van der Waals surface area contributed by atoms with Gasteiger partial charge in [-0.25, -0.2) is 0 Å². The molecule has 3 nitrogen and oxygen atoms in total. The molecule has 0 radical (unpaired) electrons. The number of nitrogens with zero attached hydrogens (tertiary/aromatic N) is 1. The highest BCUT2D eigenvalue weighted by molar-refractivity contribution is 9.10. The number of carbonyl (C=O) groups excluding carboxylic acids is 1. The molecule has 1 aliphatic rings. The zero-order valence-corrected chi connectivity index (χ0v) is 10.2. The normalized spacial score (nSPS) is 21.7. The van der Waals surface area contributed by atoms with Crippen molar-refractivity contribution in [2.45, 2.75) is 18.9 Å².